The van der Waals surface area contributed by atoms with Crippen molar-refractivity contribution in [3.63, 3.8) is 0 Å². The summed E-state index contributed by atoms with van der Waals surface area (Å²) in [4.78, 5) is 17.3. The fourth-order valence-electron chi connectivity index (χ4n) is 3.53. The summed E-state index contributed by atoms with van der Waals surface area (Å²) in [6.07, 6.45) is 0. The second kappa shape index (κ2) is 8.30. The van der Waals surface area contributed by atoms with Crippen molar-refractivity contribution in [3.05, 3.63) is 65.2 Å². The van der Waals surface area contributed by atoms with Crippen molar-refractivity contribution in [2.24, 2.45) is 0 Å². The predicted molar refractivity (Wildman–Crippen MR) is 120 cm³/mol. The minimum Gasteiger partial charge on any atom is -0.486 e. The third kappa shape index (κ3) is 4.10. The number of ether oxygens (including phenoxy) is 2. The minimum atomic E-state index is -0.479. The maximum absolute atomic E-state index is 12.7. The van der Waals surface area contributed by atoms with Crippen LogP contribution in [0.2, 0.25) is 0 Å². The number of hydrogen-bond acceptors (Lipinski definition) is 8. The van der Waals surface area contributed by atoms with E-state index in [-0.39, 0.29) is 18.1 Å². The van der Waals surface area contributed by atoms with E-state index >= 15 is 0 Å². The van der Waals surface area contributed by atoms with E-state index in [0.717, 1.165) is 11.1 Å². The molecule has 0 atom stereocenters. The number of nitrogens with one attached hydrogen (secondary N) is 1. The second-order valence-corrected chi connectivity index (χ2v) is 7.68. The van der Waals surface area contributed by atoms with Crippen molar-refractivity contribution < 1.29 is 18.7 Å². The van der Waals surface area contributed by atoms with Gasteiger partial charge < -0.3 is 24.9 Å². The SMILES string of the molecule is Cc1cccc(-c2nc(Cn3nnc(C(=O)Nc4ccc5c(c4)OCCO5)c3N)c(C)o2)c1. The molecule has 0 bridgehead atoms. The molecule has 3 heterocycles. The van der Waals surface area contributed by atoms with Crippen LogP contribution in [0.15, 0.2) is 46.9 Å². The van der Waals surface area contributed by atoms with Crippen molar-refractivity contribution in [3.8, 4) is 23.0 Å². The topological polar surface area (TPSA) is 130 Å². The van der Waals surface area contributed by atoms with Gasteiger partial charge in [0.15, 0.2) is 23.0 Å². The number of nitrogens with two attached hydrogens (primary N) is 1. The number of aromatic nitrogens is 4. The summed E-state index contributed by atoms with van der Waals surface area (Å²) in [5, 5.41) is 10.8. The van der Waals surface area contributed by atoms with Crippen molar-refractivity contribution in [2.75, 3.05) is 24.3 Å². The molecule has 5 rings (SSSR count). The number of amides is 1. The Bertz CT molecular complexity index is 1340. The van der Waals surface area contributed by atoms with Crippen LogP contribution in [0, 0.1) is 13.8 Å². The average Bonchev–Trinajstić information content (AvgIpc) is 3.36. The molecule has 2 aromatic heterocycles. The number of aryl methyl sites for hydroxylation is 2. The Morgan fingerprint density at radius 3 is 2.76 bits per heavy atom. The molecule has 168 valence electrons. The zero-order valence-electron chi connectivity index (χ0n) is 18.2. The van der Waals surface area contributed by atoms with Crippen molar-refractivity contribution in [2.45, 2.75) is 20.4 Å². The Hall–Kier alpha value is -4.34. The first-order chi connectivity index (χ1) is 16.0. The molecular weight excluding hydrogens is 424 g/mol. The lowest BCUT2D eigenvalue weighted by atomic mass is 10.1. The molecule has 1 aliphatic heterocycles. The fourth-order valence-corrected chi connectivity index (χ4v) is 3.53. The highest BCUT2D eigenvalue weighted by atomic mass is 16.6. The van der Waals surface area contributed by atoms with Gasteiger partial charge in [-0.1, -0.05) is 22.9 Å². The first-order valence-corrected chi connectivity index (χ1v) is 10.4. The molecule has 0 saturated carbocycles. The molecule has 0 unspecified atom stereocenters. The molecular formula is C23H22N6O4. The summed E-state index contributed by atoms with van der Waals surface area (Å²) < 4.78 is 18.3. The maximum Gasteiger partial charge on any atom is 0.280 e. The molecule has 10 heteroatoms. The molecule has 1 amide bonds. The van der Waals surface area contributed by atoms with Gasteiger partial charge in [-0.2, -0.15) is 0 Å². The molecule has 10 nitrogen and oxygen atoms in total. The Kier molecular flexibility index (Phi) is 5.17. The average molecular weight is 446 g/mol. The summed E-state index contributed by atoms with van der Waals surface area (Å²) >= 11 is 0. The van der Waals surface area contributed by atoms with Gasteiger partial charge in [0.2, 0.25) is 5.89 Å². The largest absolute Gasteiger partial charge is 0.486 e. The lowest BCUT2D eigenvalue weighted by Crippen LogP contribution is -2.17. The van der Waals surface area contributed by atoms with Crippen LogP contribution in [0.25, 0.3) is 11.5 Å². The third-order valence-corrected chi connectivity index (χ3v) is 5.25. The highest BCUT2D eigenvalue weighted by Crippen LogP contribution is 2.32. The van der Waals surface area contributed by atoms with Gasteiger partial charge in [-0.05, 0) is 38.1 Å². The number of oxazole rings is 1. The number of carbonyl (C=O) groups excluding carboxylic acids is 1. The highest BCUT2D eigenvalue weighted by Gasteiger charge is 2.21. The molecule has 2 aromatic carbocycles. The predicted octanol–water partition coefficient (Wildman–Crippen LogP) is 3.20. The number of anilines is 2. The lowest BCUT2D eigenvalue weighted by Gasteiger charge is -2.18. The molecule has 4 aromatic rings. The number of carbonyl (C=O) groups is 1. The summed E-state index contributed by atoms with van der Waals surface area (Å²) in [6.45, 7) is 5.00. The summed E-state index contributed by atoms with van der Waals surface area (Å²) in [5.41, 5.74) is 9.38. The number of nitrogens with zero attached hydrogens (tertiary/aromatic N) is 4. The van der Waals surface area contributed by atoms with E-state index in [1.807, 2.05) is 38.1 Å². The number of fused-ring (bicyclic) bond motifs is 1. The summed E-state index contributed by atoms with van der Waals surface area (Å²) in [6, 6.07) is 13.0. The van der Waals surface area contributed by atoms with Gasteiger partial charge in [0.05, 0.1) is 6.54 Å². The number of hydrogen-bond donors (Lipinski definition) is 2. The van der Waals surface area contributed by atoms with Gasteiger partial charge in [0.25, 0.3) is 5.91 Å². The molecule has 0 aliphatic carbocycles. The first kappa shape index (κ1) is 20.6. The van der Waals surface area contributed by atoms with E-state index in [2.05, 4.69) is 20.6 Å². The first-order valence-electron chi connectivity index (χ1n) is 10.4. The Balaban J connectivity index is 1.33. The Morgan fingerprint density at radius 1 is 1.12 bits per heavy atom. The van der Waals surface area contributed by atoms with Gasteiger partial charge in [-0.3, -0.25) is 4.79 Å². The van der Waals surface area contributed by atoms with Crippen LogP contribution >= 0.6 is 0 Å². The zero-order valence-corrected chi connectivity index (χ0v) is 18.2. The third-order valence-electron chi connectivity index (χ3n) is 5.25. The molecule has 3 N–H and O–H groups in total. The standard InChI is InChI=1S/C23H22N6O4/c1-13-4-3-5-15(10-13)23-26-17(14(2)33-23)12-29-21(24)20(27-28-29)22(30)25-16-6-7-18-19(11-16)32-9-8-31-18/h3-7,10-11H,8-9,12,24H2,1-2H3,(H,25,30). The molecule has 33 heavy (non-hydrogen) atoms. The molecule has 0 fully saturated rings. The minimum absolute atomic E-state index is 0.0185. The van der Waals surface area contributed by atoms with Gasteiger partial charge in [-0.25, -0.2) is 9.67 Å². The summed E-state index contributed by atoms with van der Waals surface area (Å²) in [5.74, 6) is 2.02. The van der Waals surface area contributed by atoms with Crippen LogP contribution in [0.3, 0.4) is 0 Å². The molecule has 0 radical (unpaired) electrons. The van der Waals surface area contributed by atoms with Gasteiger partial charge in [-0.15, -0.1) is 5.10 Å². The van der Waals surface area contributed by atoms with Crippen LogP contribution in [0.5, 0.6) is 11.5 Å². The van der Waals surface area contributed by atoms with E-state index in [1.54, 1.807) is 18.2 Å². The van der Waals surface area contributed by atoms with Crippen LogP contribution in [0.1, 0.15) is 27.5 Å². The van der Waals surface area contributed by atoms with Crippen LogP contribution in [-0.2, 0) is 6.54 Å². The monoisotopic (exact) mass is 446 g/mol. The van der Waals surface area contributed by atoms with Crippen molar-refractivity contribution >= 4 is 17.4 Å². The van der Waals surface area contributed by atoms with E-state index in [4.69, 9.17) is 19.6 Å². The lowest BCUT2D eigenvalue weighted by molar-refractivity contribution is 0.102. The van der Waals surface area contributed by atoms with Crippen molar-refractivity contribution in [1.29, 1.82) is 0 Å². The van der Waals surface area contributed by atoms with Gasteiger partial charge in [0, 0.05) is 17.3 Å². The highest BCUT2D eigenvalue weighted by molar-refractivity contribution is 6.05. The number of benzene rings is 2. The number of nitrogen functional groups attached to an aromatic ring is 1. The van der Waals surface area contributed by atoms with E-state index in [1.165, 1.54) is 4.68 Å². The fraction of sp³-hybridized carbons (Fsp3) is 0.217. The molecule has 0 saturated heterocycles. The van der Waals surface area contributed by atoms with Gasteiger partial charge >= 0.3 is 0 Å². The normalized spacial score (nSPS) is 12.5. The molecule has 0 spiro atoms. The second-order valence-electron chi connectivity index (χ2n) is 7.68. The maximum atomic E-state index is 12.7. The zero-order chi connectivity index (χ0) is 22.9. The smallest absolute Gasteiger partial charge is 0.280 e. The molecule has 1 aliphatic rings. The van der Waals surface area contributed by atoms with Crippen molar-refractivity contribution in [1.82, 2.24) is 20.0 Å². The van der Waals surface area contributed by atoms with E-state index in [0.29, 0.717) is 47.7 Å². The van der Waals surface area contributed by atoms with Crippen LogP contribution < -0.4 is 20.5 Å². The Labute approximate surface area is 189 Å². The van der Waals surface area contributed by atoms with E-state index < -0.39 is 5.91 Å². The van der Waals surface area contributed by atoms with Crippen LogP contribution in [0.4, 0.5) is 11.5 Å². The van der Waals surface area contributed by atoms with Gasteiger partial charge in [0.1, 0.15) is 24.7 Å². The summed E-state index contributed by atoms with van der Waals surface area (Å²) in [7, 11) is 0. The number of rotatable bonds is 5. The Morgan fingerprint density at radius 2 is 1.94 bits per heavy atom. The van der Waals surface area contributed by atoms with E-state index in [9.17, 15) is 4.79 Å². The quantitative estimate of drug-likeness (QED) is 0.478. The van der Waals surface area contributed by atoms with Crippen LogP contribution in [-0.4, -0.2) is 39.1 Å².